The third-order valence-electron chi connectivity index (χ3n) is 5.35. The van der Waals surface area contributed by atoms with Gasteiger partial charge in [-0.15, -0.1) is 0 Å². The molecule has 0 heterocycles. The third kappa shape index (κ3) is 1.77. The Morgan fingerprint density at radius 3 is 2.59 bits per heavy atom. The molecule has 1 N–H and O–H groups in total. The van der Waals surface area contributed by atoms with Crippen molar-refractivity contribution in [3.05, 3.63) is 12.2 Å². The molecule has 0 aromatic heterocycles. The fourth-order valence-corrected chi connectivity index (χ4v) is 3.83. The molecule has 0 bridgehead atoms. The van der Waals surface area contributed by atoms with Gasteiger partial charge in [0.15, 0.2) is 0 Å². The van der Waals surface area contributed by atoms with E-state index in [9.17, 15) is 9.90 Å². The van der Waals surface area contributed by atoms with Crippen LogP contribution >= 0.6 is 0 Å². The summed E-state index contributed by atoms with van der Waals surface area (Å²) < 4.78 is 0. The van der Waals surface area contributed by atoms with Gasteiger partial charge in [-0.05, 0) is 51.4 Å². The van der Waals surface area contributed by atoms with Crippen LogP contribution in [-0.4, -0.2) is 16.5 Å². The monoisotopic (exact) mass is 236 g/mol. The van der Waals surface area contributed by atoms with Gasteiger partial charge in [-0.25, -0.2) is 0 Å². The zero-order valence-corrected chi connectivity index (χ0v) is 11.4. The zero-order valence-electron chi connectivity index (χ0n) is 11.4. The number of carbonyl (C=O) groups is 1. The zero-order chi connectivity index (χ0) is 12.8. The van der Waals surface area contributed by atoms with Crippen LogP contribution in [0.15, 0.2) is 12.2 Å². The Morgan fingerprint density at radius 2 is 2.00 bits per heavy atom. The van der Waals surface area contributed by atoms with Crippen LogP contribution in [0.25, 0.3) is 0 Å². The maximum atomic E-state index is 12.1. The van der Waals surface area contributed by atoms with E-state index in [0.717, 1.165) is 18.8 Å². The number of allylic oxidation sites excluding steroid dienone is 1. The van der Waals surface area contributed by atoms with Crippen LogP contribution in [0.4, 0.5) is 0 Å². The maximum Gasteiger partial charge on any atom is 0.139 e. The first-order valence-corrected chi connectivity index (χ1v) is 6.72. The topological polar surface area (TPSA) is 37.3 Å². The summed E-state index contributed by atoms with van der Waals surface area (Å²) in [7, 11) is 0. The van der Waals surface area contributed by atoms with Gasteiger partial charge in [-0.1, -0.05) is 25.5 Å². The highest BCUT2D eigenvalue weighted by atomic mass is 16.3. The number of fused-ring (bicyclic) bond motifs is 1. The van der Waals surface area contributed by atoms with Gasteiger partial charge < -0.3 is 5.11 Å². The van der Waals surface area contributed by atoms with Crippen molar-refractivity contribution in [1.29, 1.82) is 0 Å². The smallest absolute Gasteiger partial charge is 0.139 e. The van der Waals surface area contributed by atoms with Crippen LogP contribution in [0.3, 0.4) is 0 Å². The predicted molar refractivity (Wildman–Crippen MR) is 68.5 cm³/mol. The van der Waals surface area contributed by atoms with Gasteiger partial charge in [0.25, 0.3) is 0 Å². The maximum absolute atomic E-state index is 12.1. The van der Waals surface area contributed by atoms with Gasteiger partial charge in [0.2, 0.25) is 0 Å². The Labute approximate surface area is 104 Å². The van der Waals surface area contributed by atoms with Crippen LogP contribution in [0, 0.1) is 23.2 Å². The summed E-state index contributed by atoms with van der Waals surface area (Å²) in [5, 5.41) is 10.6. The molecule has 0 saturated heterocycles. The van der Waals surface area contributed by atoms with E-state index >= 15 is 0 Å². The van der Waals surface area contributed by atoms with E-state index in [0.29, 0.717) is 11.8 Å². The molecule has 0 amide bonds. The van der Waals surface area contributed by atoms with Crippen LogP contribution < -0.4 is 0 Å². The van der Waals surface area contributed by atoms with Gasteiger partial charge >= 0.3 is 0 Å². The molecule has 0 aromatic carbocycles. The minimum Gasteiger partial charge on any atom is -0.385 e. The molecular weight excluding hydrogens is 212 g/mol. The lowest BCUT2D eigenvalue weighted by Crippen LogP contribution is -2.57. The highest BCUT2D eigenvalue weighted by Crippen LogP contribution is 2.53. The molecule has 2 nitrogen and oxygen atoms in total. The number of Topliss-reactive ketones (excluding diaryl/α,β-unsaturated/α-hetero) is 1. The molecule has 0 aliphatic heterocycles. The van der Waals surface area contributed by atoms with E-state index in [2.05, 4.69) is 13.0 Å². The summed E-state index contributed by atoms with van der Waals surface area (Å²) in [6.45, 7) is 7.64. The molecule has 2 rings (SSSR count). The number of rotatable bonds is 1. The van der Waals surface area contributed by atoms with Gasteiger partial charge in [0, 0.05) is 0 Å². The SMILES string of the molecule is CC(=O)[C@]1(C)[C@H]2CC[C@H](C)C[C@@H]2C=C[C@@]1(C)O. The fourth-order valence-electron chi connectivity index (χ4n) is 3.83. The van der Waals surface area contributed by atoms with Crippen molar-refractivity contribution in [3.63, 3.8) is 0 Å². The van der Waals surface area contributed by atoms with E-state index < -0.39 is 11.0 Å². The van der Waals surface area contributed by atoms with Gasteiger partial charge in [-0.3, -0.25) is 4.79 Å². The van der Waals surface area contributed by atoms with Crippen LogP contribution in [0.2, 0.25) is 0 Å². The first kappa shape index (κ1) is 12.8. The van der Waals surface area contributed by atoms with Crippen molar-refractivity contribution in [2.24, 2.45) is 23.2 Å². The molecule has 0 unspecified atom stereocenters. The summed E-state index contributed by atoms with van der Waals surface area (Å²) in [5.41, 5.74) is -1.62. The van der Waals surface area contributed by atoms with E-state index in [1.165, 1.54) is 6.42 Å². The van der Waals surface area contributed by atoms with Crippen molar-refractivity contribution >= 4 is 5.78 Å². The fraction of sp³-hybridized carbons (Fsp3) is 0.800. The number of aliphatic hydroxyl groups is 1. The molecule has 1 saturated carbocycles. The van der Waals surface area contributed by atoms with E-state index in [4.69, 9.17) is 0 Å². The van der Waals surface area contributed by atoms with Crippen molar-refractivity contribution in [2.45, 2.75) is 52.6 Å². The normalized spacial score (nSPS) is 49.8. The number of ketones is 1. The minimum atomic E-state index is -0.999. The van der Waals surface area contributed by atoms with Crippen LogP contribution in [0.5, 0.6) is 0 Å². The molecular formula is C15H24O2. The minimum absolute atomic E-state index is 0.122. The van der Waals surface area contributed by atoms with E-state index in [1.807, 2.05) is 13.0 Å². The molecule has 2 heteroatoms. The molecule has 0 aromatic rings. The molecule has 2 aliphatic rings. The number of carbonyl (C=O) groups excluding carboxylic acids is 1. The summed E-state index contributed by atoms with van der Waals surface area (Å²) in [5.74, 6) is 1.63. The Hall–Kier alpha value is -0.630. The van der Waals surface area contributed by atoms with Crippen LogP contribution in [-0.2, 0) is 4.79 Å². The Morgan fingerprint density at radius 1 is 1.35 bits per heavy atom. The van der Waals surface area contributed by atoms with Gasteiger partial charge in [0.05, 0.1) is 11.0 Å². The molecule has 0 spiro atoms. The average molecular weight is 236 g/mol. The number of hydrogen-bond acceptors (Lipinski definition) is 2. The molecule has 1 fully saturated rings. The highest BCUT2D eigenvalue weighted by molar-refractivity contribution is 5.84. The van der Waals surface area contributed by atoms with Gasteiger partial charge in [0.1, 0.15) is 5.78 Å². The molecule has 5 atom stereocenters. The van der Waals surface area contributed by atoms with E-state index in [-0.39, 0.29) is 5.78 Å². The van der Waals surface area contributed by atoms with Crippen molar-refractivity contribution < 1.29 is 9.90 Å². The standard InChI is InChI=1S/C15H24O2/c1-10-5-6-13-12(9-10)7-8-14(3,17)15(13,4)11(2)16/h7-8,10,12-13,17H,5-6,9H2,1-4H3/t10-,12-,13-,14+,15+/m0/s1. The van der Waals surface area contributed by atoms with Crippen molar-refractivity contribution in [1.82, 2.24) is 0 Å². The molecule has 96 valence electrons. The second-order valence-electron chi connectivity index (χ2n) is 6.45. The molecule has 2 aliphatic carbocycles. The van der Waals surface area contributed by atoms with Crippen molar-refractivity contribution in [2.75, 3.05) is 0 Å². The quantitative estimate of drug-likeness (QED) is 0.711. The Kier molecular flexibility index (Phi) is 2.97. The number of hydrogen-bond donors (Lipinski definition) is 1. The largest absolute Gasteiger partial charge is 0.385 e. The van der Waals surface area contributed by atoms with E-state index in [1.54, 1.807) is 13.8 Å². The first-order valence-electron chi connectivity index (χ1n) is 6.72. The summed E-state index contributed by atoms with van der Waals surface area (Å²) in [6.07, 6.45) is 7.38. The third-order valence-corrected chi connectivity index (χ3v) is 5.35. The lowest BCUT2D eigenvalue weighted by atomic mass is 9.52. The highest BCUT2D eigenvalue weighted by Gasteiger charge is 2.55. The molecule has 0 radical (unpaired) electrons. The summed E-state index contributed by atoms with van der Waals surface area (Å²) in [4.78, 5) is 12.1. The predicted octanol–water partition coefficient (Wildman–Crippen LogP) is 2.95. The summed E-state index contributed by atoms with van der Waals surface area (Å²) >= 11 is 0. The lowest BCUT2D eigenvalue weighted by molar-refractivity contribution is -0.150. The van der Waals surface area contributed by atoms with Gasteiger partial charge in [-0.2, -0.15) is 0 Å². The first-order chi connectivity index (χ1) is 7.79. The van der Waals surface area contributed by atoms with Crippen LogP contribution in [0.1, 0.15) is 47.0 Å². The lowest BCUT2D eigenvalue weighted by Gasteiger charge is -2.52. The average Bonchev–Trinajstić information content (AvgIpc) is 2.23. The Bertz CT molecular complexity index is 356. The Balaban J connectivity index is 2.42. The van der Waals surface area contributed by atoms with Crippen molar-refractivity contribution in [3.8, 4) is 0 Å². The second-order valence-corrected chi connectivity index (χ2v) is 6.45. The summed E-state index contributed by atoms with van der Waals surface area (Å²) in [6, 6.07) is 0. The molecule has 17 heavy (non-hydrogen) atoms. The second kappa shape index (κ2) is 3.94.